The molecule has 1 unspecified atom stereocenters. The van der Waals surface area contributed by atoms with Crippen molar-refractivity contribution in [3.05, 3.63) is 35.1 Å². The van der Waals surface area contributed by atoms with Gasteiger partial charge in [0.15, 0.2) is 0 Å². The van der Waals surface area contributed by atoms with Crippen molar-refractivity contribution in [2.45, 2.75) is 18.9 Å². The van der Waals surface area contributed by atoms with Crippen LogP contribution in [0.1, 0.15) is 22.8 Å². The summed E-state index contributed by atoms with van der Waals surface area (Å²) >= 11 is 0. The van der Waals surface area contributed by atoms with Crippen LogP contribution in [0.25, 0.3) is 0 Å². The summed E-state index contributed by atoms with van der Waals surface area (Å²) in [5.74, 6) is -1.74. The van der Waals surface area contributed by atoms with Crippen LogP contribution in [0, 0.1) is 5.82 Å². The molecule has 5 heteroatoms. The van der Waals surface area contributed by atoms with Gasteiger partial charge in [0.05, 0.1) is 12.7 Å². The maximum Gasteiger partial charge on any atom is 0.350 e. The van der Waals surface area contributed by atoms with Gasteiger partial charge in [-0.1, -0.05) is 0 Å². The second kappa shape index (κ2) is 3.84. The first-order valence-electron chi connectivity index (χ1n) is 5.06. The summed E-state index contributed by atoms with van der Waals surface area (Å²) < 4.78 is 22.7. The monoisotopic (exact) mass is 238 g/mol. The summed E-state index contributed by atoms with van der Waals surface area (Å²) in [6.45, 7) is 1.45. The zero-order valence-corrected chi connectivity index (χ0v) is 9.45. The molecule has 0 saturated carbocycles. The van der Waals surface area contributed by atoms with Crippen LogP contribution in [0.2, 0.25) is 0 Å². The van der Waals surface area contributed by atoms with Crippen molar-refractivity contribution in [1.29, 1.82) is 0 Å². The molecule has 90 valence electrons. The van der Waals surface area contributed by atoms with E-state index in [2.05, 4.69) is 4.74 Å². The average Bonchev–Trinajstić information content (AvgIpc) is 2.26. The van der Waals surface area contributed by atoms with E-state index >= 15 is 0 Å². The van der Waals surface area contributed by atoms with Crippen LogP contribution in [-0.4, -0.2) is 24.6 Å². The highest BCUT2D eigenvalue weighted by Gasteiger charge is 2.43. The van der Waals surface area contributed by atoms with Crippen molar-refractivity contribution in [2.24, 2.45) is 0 Å². The van der Waals surface area contributed by atoms with Gasteiger partial charge in [-0.25, -0.2) is 14.0 Å². The van der Waals surface area contributed by atoms with E-state index in [-0.39, 0.29) is 12.0 Å². The maximum absolute atomic E-state index is 13.1. The van der Waals surface area contributed by atoms with Crippen molar-refractivity contribution in [1.82, 2.24) is 0 Å². The molecule has 0 bridgehead atoms. The fourth-order valence-electron chi connectivity index (χ4n) is 1.90. The third kappa shape index (κ3) is 1.88. The molecule has 1 heterocycles. The third-order valence-corrected chi connectivity index (χ3v) is 2.75. The lowest BCUT2D eigenvalue weighted by Gasteiger charge is -2.31. The Bertz CT molecular complexity index is 497. The fourth-order valence-corrected chi connectivity index (χ4v) is 1.90. The number of methoxy groups -OCH3 is 1. The molecule has 2 rings (SSSR count). The van der Waals surface area contributed by atoms with Gasteiger partial charge in [0.2, 0.25) is 5.60 Å². The first kappa shape index (κ1) is 11.6. The molecule has 1 aromatic carbocycles. The number of carbonyl (C=O) groups is 2. The van der Waals surface area contributed by atoms with Crippen LogP contribution < -0.4 is 0 Å². The number of ether oxygens (including phenoxy) is 2. The van der Waals surface area contributed by atoms with E-state index in [0.717, 1.165) is 0 Å². The van der Waals surface area contributed by atoms with Gasteiger partial charge in [-0.15, -0.1) is 0 Å². The van der Waals surface area contributed by atoms with E-state index in [1.807, 2.05) is 0 Å². The average molecular weight is 238 g/mol. The zero-order valence-electron chi connectivity index (χ0n) is 9.45. The van der Waals surface area contributed by atoms with Gasteiger partial charge < -0.3 is 9.47 Å². The van der Waals surface area contributed by atoms with E-state index in [0.29, 0.717) is 5.56 Å². The Morgan fingerprint density at radius 1 is 1.53 bits per heavy atom. The van der Waals surface area contributed by atoms with Crippen molar-refractivity contribution in [3.63, 3.8) is 0 Å². The molecule has 1 aliphatic rings. The highest BCUT2D eigenvalue weighted by molar-refractivity contribution is 5.96. The lowest BCUT2D eigenvalue weighted by atomic mass is 9.90. The van der Waals surface area contributed by atoms with Crippen LogP contribution in [0.5, 0.6) is 0 Å². The molecule has 4 nitrogen and oxygen atoms in total. The Labute approximate surface area is 97.3 Å². The molecule has 0 spiro atoms. The molecule has 17 heavy (non-hydrogen) atoms. The molecular formula is C12H11FO4. The highest BCUT2D eigenvalue weighted by Crippen LogP contribution is 2.29. The Morgan fingerprint density at radius 2 is 2.24 bits per heavy atom. The number of halogens is 1. The van der Waals surface area contributed by atoms with Crippen LogP contribution in [0.3, 0.4) is 0 Å². The summed E-state index contributed by atoms with van der Waals surface area (Å²) in [5, 5.41) is 0. The Balaban J connectivity index is 2.45. The summed E-state index contributed by atoms with van der Waals surface area (Å²) in [6.07, 6.45) is 0.110. The molecule has 0 N–H and O–H groups in total. The molecule has 0 saturated heterocycles. The van der Waals surface area contributed by atoms with Gasteiger partial charge in [-0.2, -0.15) is 0 Å². The van der Waals surface area contributed by atoms with Crippen molar-refractivity contribution < 1.29 is 23.5 Å². The minimum absolute atomic E-state index is 0.110. The topological polar surface area (TPSA) is 52.6 Å². The molecule has 1 aliphatic heterocycles. The Hall–Kier alpha value is -1.91. The first-order chi connectivity index (χ1) is 7.96. The number of hydrogen-bond donors (Lipinski definition) is 0. The number of rotatable bonds is 1. The number of fused-ring (bicyclic) bond motifs is 1. The number of benzene rings is 1. The molecular weight excluding hydrogens is 227 g/mol. The fraction of sp³-hybridized carbons (Fsp3) is 0.333. The van der Waals surface area contributed by atoms with E-state index in [4.69, 9.17) is 4.74 Å². The van der Waals surface area contributed by atoms with E-state index < -0.39 is 23.4 Å². The number of carbonyl (C=O) groups excluding carboxylic acids is 2. The molecule has 0 aromatic heterocycles. The molecule has 0 aliphatic carbocycles. The number of hydrogen-bond acceptors (Lipinski definition) is 4. The standard InChI is InChI=1S/C12H11FO4/c1-12(11(15)16-2)6-7-5-8(13)3-4-9(7)10(14)17-12/h3-5H,6H2,1-2H3. The van der Waals surface area contributed by atoms with Crippen molar-refractivity contribution in [3.8, 4) is 0 Å². The Morgan fingerprint density at radius 3 is 2.88 bits per heavy atom. The van der Waals surface area contributed by atoms with Crippen LogP contribution >= 0.6 is 0 Å². The molecule has 1 aromatic rings. The largest absolute Gasteiger partial charge is 0.466 e. The lowest BCUT2D eigenvalue weighted by molar-refractivity contribution is -0.161. The van der Waals surface area contributed by atoms with Crippen molar-refractivity contribution in [2.75, 3.05) is 7.11 Å². The van der Waals surface area contributed by atoms with E-state index in [1.54, 1.807) is 0 Å². The van der Waals surface area contributed by atoms with Gasteiger partial charge in [0, 0.05) is 6.42 Å². The molecule has 1 atom stereocenters. The van der Waals surface area contributed by atoms with Crippen molar-refractivity contribution >= 4 is 11.9 Å². The predicted molar refractivity (Wildman–Crippen MR) is 55.9 cm³/mol. The minimum Gasteiger partial charge on any atom is -0.466 e. The summed E-state index contributed by atoms with van der Waals surface area (Å²) in [6, 6.07) is 3.77. The van der Waals surface area contributed by atoms with Gasteiger partial charge in [0.25, 0.3) is 0 Å². The minimum atomic E-state index is -1.38. The van der Waals surface area contributed by atoms with Crippen LogP contribution in [0.4, 0.5) is 4.39 Å². The van der Waals surface area contributed by atoms with Gasteiger partial charge in [-0.05, 0) is 30.7 Å². The second-order valence-corrected chi connectivity index (χ2v) is 4.09. The molecule has 0 fully saturated rings. The third-order valence-electron chi connectivity index (χ3n) is 2.75. The normalized spacial score (nSPS) is 22.6. The summed E-state index contributed by atoms with van der Waals surface area (Å²) in [5.41, 5.74) is -0.644. The number of esters is 2. The smallest absolute Gasteiger partial charge is 0.350 e. The SMILES string of the molecule is COC(=O)C1(C)Cc2cc(F)ccc2C(=O)O1. The number of cyclic esters (lactones) is 1. The zero-order chi connectivity index (χ0) is 12.6. The van der Waals surface area contributed by atoms with Gasteiger partial charge in [-0.3, -0.25) is 0 Å². The molecule has 0 radical (unpaired) electrons. The highest BCUT2D eigenvalue weighted by atomic mass is 19.1. The van der Waals surface area contributed by atoms with Crippen LogP contribution in [-0.2, 0) is 20.7 Å². The molecule has 0 amide bonds. The maximum atomic E-state index is 13.1. The first-order valence-corrected chi connectivity index (χ1v) is 5.06. The predicted octanol–water partition coefficient (Wildman–Crippen LogP) is 1.47. The van der Waals surface area contributed by atoms with Gasteiger partial charge >= 0.3 is 11.9 Å². The quantitative estimate of drug-likeness (QED) is 0.695. The summed E-state index contributed by atoms with van der Waals surface area (Å²) in [4.78, 5) is 23.2. The van der Waals surface area contributed by atoms with Gasteiger partial charge in [0.1, 0.15) is 5.82 Å². The van der Waals surface area contributed by atoms with E-state index in [9.17, 15) is 14.0 Å². The second-order valence-electron chi connectivity index (χ2n) is 4.09. The Kier molecular flexibility index (Phi) is 2.61. The van der Waals surface area contributed by atoms with Crippen LogP contribution in [0.15, 0.2) is 18.2 Å². The summed E-state index contributed by atoms with van der Waals surface area (Å²) in [7, 11) is 1.21. The van der Waals surface area contributed by atoms with E-state index in [1.165, 1.54) is 32.2 Å². The lowest BCUT2D eigenvalue weighted by Crippen LogP contribution is -2.46.